The van der Waals surface area contributed by atoms with Gasteiger partial charge >= 0.3 is 0 Å². The molecule has 0 saturated carbocycles. The highest BCUT2D eigenvalue weighted by molar-refractivity contribution is 6.35. The Labute approximate surface area is 119 Å². The third-order valence-electron chi connectivity index (χ3n) is 2.78. The molecular formula is C15H8Cl2O2. The zero-order valence-electron chi connectivity index (χ0n) is 9.69. The summed E-state index contributed by atoms with van der Waals surface area (Å²) in [5.74, 6) is 0.452. The molecule has 0 aliphatic heterocycles. The van der Waals surface area contributed by atoms with Crippen molar-refractivity contribution in [2.24, 2.45) is 0 Å². The number of benzene rings is 2. The second-order valence-electron chi connectivity index (χ2n) is 4.13. The minimum atomic E-state index is -0.0899. The summed E-state index contributed by atoms with van der Waals surface area (Å²) < 4.78 is 5.72. The largest absolute Gasteiger partial charge is 0.456 e. The third kappa shape index (κ3) is 2.37. The van der Waals surface area contributed by atoms with Gasteiger partial charge in [-0.2, -0.15) is 0 Å². The molecule has 3 aromatic rings. The lowest BCUT2D eigenvalue weighted by atomic mass is 10.1. The molecule has 94 valence electrons. The van der Waals surface area contributed by atoms with Crippen molar-refractivity contribution in [1.82, 2.24) is 0 Å². The van der Waals surface area contributed by atoms with Crippen molar-refractivity contribution >= 4 is 34.2 Å². The van der Waals surface area contributed by atoms with Gasteiger partial charge < -0.3 is 4.42 Å². The fraction of sp³-hybridized carbons (Fsp3) is 0. The van der Waals surface area contributed by atoms with Crippen LogP contribution in [0.5, 0.6) is 0 Å². The lowest BCUT2D eigenvalue weighted by molar-refractivity contribution is 0.619. The summed E-state index contributed by atoms with van der Waals surface area (Å²) in [6.07, 6.45) is 0. The molecule has 1 heterocycles. The van der Waals surface area contributed by atoms with Crippen molar-refractivity contribution in [2.75, 3.05) is 0 Å². The lowest BCUT2D eigenvalue weighted by Gasteiger charge is -2.04. The summed E-state index contributed by atoms with van der Waals surface area (Å²) in [6, 6.07) is 13.6. The Morgan fingerprint density at radius 2 is 1.58 bits per heavy atom. The van der Waals surface area contributed by atoms with Gasteiger partial charge in [0, 0.05) is 21.7 Å². The van der Waals surface area contributed by atoms with E-state index < -0.39 is 0 Å². The second-order valence-corrected chi connectivity index (χ2v) is 5.00. The Bertz CT molecular complexity index is 801. The van der Waals surface area contributed by atoms with Gasteiger partial charge in [0.2, 0.25) is 0 Å². The predicted octanol–water partition coefficient (Wildman–Crippen LogP) is 4.77. The smallest absolute Gasteiger partial charge is 0.193 e. The van der Waals surface area contributed by atoms with E-state index in [4.69, 9.17) is 27.6 Å². The first kappa shape index (κ1) is 12.3. The molecule has 0 unspecified atom stereocenters. The Kier molecular flexibility index (Phi) is 3.05. The van der Waals surface area contributed by atoms with Crippen LogP contribution in [-0.4, -0.2) is 0 Å². The van der Waals surface area contributed by atoms with Crippen LogP contribution >= 0.6 is 23.2 Å². The second kappa shape index (κ2) is 4.72. The van der Waals surface area contributed by atoms with Crippen molar-refractivity contribution in [3.05, 3.63) is 68.8 Å². The van der Waals surface area contributed by atoms with Gasteiger partial charge in [-0.25, -0.2) is 0 Å². The van der Waals surface area contributed by atoms with Gasteiger partial charge in [-0.05, 0) is 30.3 Å². The first-order valence-electron chi connectivity index (χ1n) is 5.63. The van der Waals surface area contributed by atoms with Crippen molar-refractivity contribution in [3.63, 3.8) is 0 Å². The Morgan fingerprint density at radius 1 is 0.895 bits per heavy atom. The molecule has 4 heteroatoms. The molecule has 3 rings (SSSR count). The molecule has 0 fully saturated rings. The standard InChI is InChI=1S/C15H8Cl2O2/c16-10-5-9(6-11(17)7-10)15-8-13(18)12-3-1-2-4-14(12)19-15/h1-8H. The quantitative estimate of drug-likeness (QED) is 0.646. The lowest BCUT2D eigenvalue weighted by Crippen LogP contribution is -1.99. The van der Waals surface area contributed by atoms with E-state index in [0.717, 1.165) is 0 Å². The van der Waals surface area contributed by atoms with E-state index in [-0.39, 0.29) is 5.43 Å². The molecule has 0 bridgehead atoms. The monoisotopic (exact) mass is 290 g/mol. The van der Waals surface area contributed by atoms with E-state index in [0.29, 0.717) is 32.3 Å². The maximum Gasteiger partial charge on any atom is 0.193 e. The minimum absolute atomic E-state index is 0.0899. The van der Waals surface area contributed by atoms with Crippen LogP contribution in [0.2, 0.25) is 10.0 Å². The van der Waals surface area contributed by atoms with Crippen LogP contribution in [-0.2, 0) is 0 Å². The first-order valence-corrected chi connectivity index (χ1v) is 6.38. The fourth-order valence-electron chi connectivity index (χ4n) is 1.94. The molecule has 0 aliphatic carbocycles. The predicted molar refractivity (Wildman–Crippen MR) is 77.9 cm³/mol. The molecule has 0 saturated heterocycles. The van der Waals surface area contributed by atoms with E-state index in [1.807, 2.05) is 6.07 Å². The summed E-state index contributed by atoms with van der Waals surface area (Å²) in [7, 11) is 0. The van der Waals surface area contributed by atoms with E-state index in [2.05, 4.69) is 0 Å². The minimum Gasteiger partial charge on any atom is -0.456 e. The summed E-state index contributed by atoms with van der Waals surface area (Å²) in [5.41, 5.74) is 1.13. The van der Waals surface area contributed by atoms with Gasteiger partial charge in [0.05, 0.1) is 5.39 Å². The number of halogens is 2. The fourth-order valence-corrected chi connectivity index (χ4v) is 2.47. The zero-order chi connectivity index (χ0) is 13.4. The normalized spacial score (nSPS) is 10.8. The summed E-state index contributed by atoms with van der Waals surface area (Å²) in [4.78, 5) is 12.0. The van der Waals surface area contributed by atoms with Gasteiger partial charge in [-0.3, -0.25) is 4.79 Å². The molecule has 1 aromatic heterocycles. The Morgan fingerprint density at radius 3 is 2.32 bits per heavy atom. The van der Waals surface area contributed by atoms with Crippen LogP contribution in [0.15, 0.2) is 57.7 Å². The summed E-state index contributed by atoms with van der Waals surface area (Å²) >= 11 is 11.9. The van der Waals surface area contributed by atoms with Gasteiger partial charge in [0.25, 0.3) is 0 Å². The number of rotatable bonds is 1. The SMILES string of the molecule is O=c1cc(-c2cc(Cl)cc(Cl)c2)oc2ccccc12. The molecule has 0 amide bonds. The third-order valence-corrected chi connectivity index (χ3v) is 3.22. The van der Waals surface area contributed by atoms with E-state index in [9.17, 15) is 4.79 Å². The van der Waals surface area contributed by atoms with Gasteiger partial charge in [0.1, 0.15) is 11.3 Å². The molecule has 0 N–H and O–H groups in total. The highest BCUT2D eigenvalue weighted by Crippen LogP contribution is 2.28. The topological polar surface area (TPSA) is 30.2 Å². The maximum absolute atomic E-state index is 12.0. The average Bonchev–Trinajstić information content (AvgIpc) is 2.37. The molecular weight excluding hydrogens is 283 g/mol. The Balaban J connectivity index is 2.28. The van der Waals surface area contributed by atoms with E-state index in [1.165, 1.54) is 6.07 Å². The van der Waals surface area contributed by atoms with Crippen molar-refractivity contribution < 1.29 is 4.42 Å². The van der Waals surface area contributed by atoms with Gasteiger partial charge in [-0.1, -0.05) is 35.3 Å². The molecule has 0 atom stereocenters. The number of para-hydroxylation sites is 1. The number of fused-ring (bicyclic) bond motifs is 1. The molecule has 2 aromatic carbocycles. The molecule has 0 radical (unpaired) electrons. The van der Waals surface area contributed by atoms with Crippen LogP contribution in [0.4, 0.5) is 0 Å². The van der Waals surface area contributed by atoms with Crippen molar-refractivity contribution in [1.29, 1.82) is 0 Å². The van der Waals surface area contributed by atoms with Crippen molar-refractivity contribution in [3.8, 4) is 11.3 Å². The van der Waals surface area contributed by atoms with Crippen molar-refractivity contribution in [2.45, 2.75) is 0 Å². The van der Waals surface area contributed by atoms with E-state index >= 15 is 0 Å². The van der Waals surface area contributed by atoms with Crippen LogP contribution in [0, 0.1) is 0 Å². The van der Waals surface area contributed by atoms with Gasteiger partial charge in [-0.15, -0.1) is 0 Å². The zero-order valence-corrected chi connectivity index (χ0v) is 11.2. The molecule has 0 aliphatic rings. The van der Waals surface area contributed by atoms with Crippen LogP contribution in [0.1, 0.15) is 0 Å². The average molecular weight is 291 g/mol. The van der Waals surface area contributed by atoms with Crippen LogP contribution in [0.25, 0.3) is 22.3 Å². The summed E-state index contributed by atoms with van der Waals surface area (Å²) in [5, 5.41) is 1.55. The highest BCUT2D eigenvalue weighted by atomic mass is 35.5. The number of hydrogen-bond acceptors (Lipinski definition) is 2. The van der Waals surface area contributed by atoms with Crippen LogP contribution in [0.3, 0.4) is 0 Å². The van der Waals surface area contributed by atoms with E-state index in [1.54, 1.807) is 36.4 Å². The molecule has 0 spiro atoms. The van der Waals surface area contributed by atoms with Crippen LogP contribution < -0.4 is 5.43 Å². The molecule has 2 nitrogen and oxygen atoms in total. The summed E-state index contributed by atoms with van der Waals surface area (Å²) in [6.45, 7) is 0. The maximum atomic E-state index is 12.0. The van der Waals surface area contributed by atoms with Gasteiger partial charge in [0.15, 0.2) is 5.43 Å². The number of hydrogen-bond donors (Lipinski definition) is 0. The highest BCUT2D eigenvalue weighted by Gasteiger charge is 2.08. The first-order chi connectivity index (χ1) is 9.13. The Hall–Kier alpha value is -1.77. The molecule has 19 heavy (non-hydrogen) atoms.